The van der Waals surface area contributed by atoms with Gasteiger partial charge in [0.2, 0.25) is 0 Å². The highest BCUT2D eigenvalue weighted by atomic mass is 32.1. The molecular weight excluding hydrogens is 370 g/mol. The monoisotopic (exact) mass is 403 g/mol. The zero-order valence-electron chi connectivity index (χ0n) is 17.7. The van der Waals surface area contributed by atoms with Crippen molar-refractivity contribution >= 4 is 28.2 Å². The fourth-order valence-corrected chi connectivity index (χ4v) is 3.22. The standard InChI is InChI=1S/C21H33N5OS/c1-16-7-8-17-14-18(20(27)23-19(17)13-16)15-26(12-11-25(4)5)21(28)22-9-6-10-24(2)3/h7-8,13-14H,6,9-12,15H2,1-5H3,(H,22,28)(H,23,27). The molecule has 0 spiro atoms. The highest BCUT2D eigenvalue weighted by Gasteiger charge is 2.13. The summed E-state index contributed by atoms with van der Waals surface area (Å²) < 4.78 is 0. The Morgan fingerprint density at radius 3 is 2.46 bits per heavy atom. The number of aromatic nitrogens is 1. The number of H-pyrrole nitrogens is 1. The summed E-state index contributed by atoms with van der Waals surface area (Å²) in [6, 6.07) is 8.09. The maximum atomic E-state index is 12.6. The summed E-state index contributed by atoms with van der Waals surface area (Å²) in [5.41, 5.74) is 2.68. The van der Waals surface area contributed by atoms with Crippen LogP contribution >= 0.6 is 12.2 Å². The van der Waals surface area contributed by atoms with Crippen molar-refractivity contribution in [2.45, 2.75) is 19.9 Å². The van der Waals surface area contributed by atoms with Gasteiger partial charge in [-0.1, -0.05) is 12.1 Å². The van der Waals surface area contributed by atoms with Gasteiger partial charge >= 0.3 is 0 Å². The Labute approximate surface area is 173 Å². The number of nitrogens with one attached hydrogen (secondary N) is 2. The number of thiocarbonyl (C=S) groups is 1. The molecule has 2 rings (SSSR count). The maximum absolute atomic E-state index is 12.6. The zero-order chi connectivity index (χ0) is 20.7. The van der Waals surface area contributed by atoms with Crippen LogP contribution in [0.4, 0.5) is 0 Å². The minimum absolute atomic E-state index is 0.0524. The molecule has 1 heterocycles. The molecular formula is C21H33N5OS. The minimum Gasteiger partial charge on any atom is -0.363 e. The van der Waals surface area contributed by atoms with Crippen molar-refractivity contribution in [3.05, 3.63) is 45.7 Å². The first-order valence-corrected chi connectivity index (χ1v) is 10.1. The minimum atomic E-state index is -0.0524. The van der Waals surface area contributed by atoms with Gasteiger partial charge < -0.3 is 25.0 Å². The van der Waals surface area contributed by atoms with E-state index in [-0.39, 0.29) is 5.56 Å². The van der Waals surface area contributed by atoms with E-state index in [1.807, 2.05) is 39.2 Å². The fourth-order valence-electron chi connectivity index (χ4n) is 2.96. The van der Waals surface area contributed by atoms with E-state index in [4.69, 9.17) is 12.2 Å². The van der Waals surface area contributed by atoms with Gasteiger partial charge in [-0.05, 0) is 83.4 Å². The molecule has 0 aliphatic heterocycles. The lowest BCUT2D eigenvalue weighted by atomic mass is 10.1. The molecule has 0 bridgehead atoms. The largest absolute Gasteiger partial charge is 0.363 e. The Bertz CT molecular complexity index is 846. The van der Waals surface area contributed by atoms with E-state index < -0.39 is 0 Å². The van der Waals surface area contributed by atoms with Crippen LogP contribution in [-0.4, -0.2) is 79.2 Å². The van der Waals surface area contributed by atoms with Gasteiger partial charge in [0.1, 0.15) is 0 Å². The fraction of sp³-hybridized carbons (Fsp3) is 0.524. The molecule has 1 aromatic heterocycles. The van der Waals surface area contributed by atoms with Gasteiger partial charge in [-0.2, -0.15) is 0 Å². The predicted molar refractivity (Wildman–Crippen MR) is 122 cm³/mol. The molecule has 0 amide bonds. The molecule has 0 unspecified atom stereocenters. The molecule has 28 heavy (non-hydrogen) atoms. The summed E-state index contributed by atoms with van der Waals surface area (Å²) >= 11 is 5.63. The summed E-state index contributed by atoms with van der Waals surface area (Å²) in [6.45, 7) is 5.98. The Morgan fingerprint density at radius 2 is 1.79 bits per heavy atom. The Balaban J connectivity index is 2.13. The van der Waals surface area contributed by atoms with E-state index in [1.54, 1.807) is 0 Å². The van der Waals surface area contributed by atoms with Gasteiger partial charge in [0.25, 0.3) is 5.56 Å². The van der Waals surface area contributed by atoms with Crippen LogP contribution in [0, 0.1) is 6.92 Å². The number of hydrogen-bond donors (Lipinski definition) is 2. The smallest absolute Gasteiger partial charge is 0.253 e. The van der Waals surface area contributed by atoms with Crippen LogP contribution in [0.25, 0.3) is 10.9 Å². The number of rotatable bonds is 9. The Hall–Kier alpha value is -1.96. The van der Waals surface area contributed by atoms with Crippen molar-refractivity contribution in [2.75, 3.05) is 54.4 Å². The summed E-state index contributed by atoms with van der Waals surface area (Å²) in [5, 5.41) is 5.08. The van der Waals surface area contributed by atoms with E-state index >= 15 is 0 Å². The second-order valence-electron chi connectivity index (χ2n) is 7.83. The molecule has 2 N–H and O–H groups in total. The Morgan fingerprint density at radius 1 is 1.07 bits per heavy atom. The number of pyridine rings is 1. The second kappa shape index (κ2) is 10.5. The lowest BCUT2D eigenvalue weighted by molar-refractivity contribution is 0.321. The lowest BCUT2D eigenvalue weighted by Crippen LogP contribution is -2.43. The SMILES string of the molecule is Cc1ccc2cc(CN(CCN(C)C)C(=S)NCCCN(C)C)c(=O)[nH]c2c1. The van der Waals surface area contributed by atoms with Gasteiger partial charge in [0.05, 0.1) is 6.54 Å². The first-order chi connectivity index (χ1) is 13.3. The van der Waals surface area contributed by atoms with Gasteiger partial charge in [0, 0.05) is 30.7 Å². The van der Waals surface area contributed by atoms with Crippen LogP contribution in [-0.2, 0) is 6.54 Å². The molecule has 154 valence electrons. The van der Waals surface area contributed by atoms with Crippen LogP contribution in [0.1, 0.15) is 17.5 Å². The maximum Gasteiger partial charge on any atom is 0.253 e. The summed E-state index contributed by atoms with van der Waals surface area (Å²) in [7, 11) is 8.21. The second-order valence-corrected chi connectivity index (χ2v) is 8.21. The molecule has 0 aliphatic carbocycles. The molecule has 6 nitrogen and oxygen atoms in total. The molecule has 1 aromatic carbocycles. The molecule has 7 heteroatoms. The number of nitrogens with zero attached hydrogens (tertiary/aromatic N) is 3. The molecule has 0 atom stereocenters. The van der Waals surface area contributed by atoms with Crippen LogP contribution in [0.15, 0.2) is 29.1 Å². The third-order valence-electron chi connectivity index (χ3n) is 4.60. The van der Waals surface area contributed by atoms with Crippen molar-refractivity contribution in [1.29, 1.82) is 0 Å². The van der Waals surface area contributed by atoms with Gasteiger partial charge in [-0.3, -0.25) is 4.79 Å². The van der Waals surface area contributed by atoms with Crippen LogP contribution in [0.5, 0.6) is 0 Å². The predicted octanol–water partition coefficient (Wildman–Crippen LogP) is 2.03. The van der Waals surface area contributed by atoms with Gasteiger partial charge in [-0.25, -0.2) is 0 Å². The van der Waals surface area contributed by atoms with Crippen molar-refractivity contribution < 1.29 is 0 Å². The average molecular weight is 404 g/mol. The molecule has 0 radical (unpaired) electrons. The van der Waals surface area contributed by atoms with E-state index in [0.29, 0.717) is 11.7 Å². The normalized spacial score (nSPS) is 11.4. The molecule has 0 aliphatic rings. The lowest BCUT2D eigenvalue weighted by Gasteiger charge is -2.27. The van der Waals surface area contributed by atoms with Crippen LogP contribution in [0.2, 0.25) is 0 Å². The highest BCUT2D eigenvalue weighted by Crippen LogP contribution is 2.14. The molecule has 0 saturated carbocycles. The highest BCUT2D eigenvalue weighted by molar-refractivity contribution is 7.80. The van der Waals surface area contributed by atoms with Crippen molar-refractivity contribution in [3.63, 3.8) is 0 Å². The van der Waals surface area contributed by atoms with Crippen LogP contribution < -0.4 is 10.9 Å². The quantitative estimate of drug-likeness (QED) is 0.494. The van der Waals surface area contributed by atoms with E-state index in [9.17, 15) is 4.79 Å². The Kier molecular flexibility index (Phi) is 8.41. The molecule has 0 saturated heterocycles. The number of aryl methyl sites for hydroxylation is 1. The van der Waals surface area contributed by atoms with Crippen molar-refractivity contribution in [2.24, 2.45) is 0 Å². The number of aromatic amines is 1. The summed E-state index contributed by atoms with van der Waals surface area (Å²) in [6.07, 6.45) is 1.02. The number of benzene rings is 1. The average Bonchev–Trinajstić information content (AvgIpc) is 2.62. The number of hydrogen-bond acceptors (Lipinski definition) is 4. The first kappa shape index (κ1) is 22.3. The van der Waals surface area contributed by atoms with Gasteiger partial charge in [-0.15, -0.1) is 0 Å². The van der Waals surface area contributed by atoms with Gasteiger partial charge in [0.15, 0.2) is 5.11 Å². The number of likely N-dealkylation sites (N-methyl/N-ethyl adjacent to an activating group) is 1. The third-order valence-corrected chi connectivity index (χ3v) is 5.00. The molecule has 2 aromatic rings. The van der Waals surface area contributed by atoms with Crippen molar-refractivity contribution in [1.82, 2.24) is 25.0 Å². The topological polar surface area (TPSA) is 54.6 Å². The van der Waals surface area contributed by atoms with E-state index in [0.717, 1.165) is 54.6 Å². The van der Waals surface area contributed by atoms with Crippen molar-refractivity contribution in [3.8, 4) is 0 Å². The number of fused-ring (bicyclic) bond motifs is 1. The third kappa shape index (κ3) is 6.89. The summed E-state index contributed by atoms with van der Waals surface area (Å²) in [5.74, 6) is 0. The summed E-state index contributed by atoms with van der Waals surface area (Å²) in [4.78, 5) is 22.0. The van der Waals surface area contributed by atoms with E-state index in [1.165, 1.54) is 0 Å². The van der Waals surface area contributed by atoms with E-state index in [2.05, 4.69) is 45.2 Å². The zero-order valence-corrected chi connectivity index (χ0v) is 18.5. The first-order valence-electron chi connectivity index (χ1n) is 9.71. The van der Waals surface area contributed by atoms with Crippen LogP contribution in [0.3, 0.4) is 0 Å². The molecule has 0 fully saturated rings.